The first-order valence-corrected chi connectivity index (χ1v) is 11.0. The molecule has 0 radical (unpaired) electrons. The summed E-state index contributed by atoms with van der Waals surface area (Å²) >= 11 is 0. The molecule has 2 aromatic rings. The van der Waals surface area contributed by atoms with Crippen LogP contribution in [0.4, 0.5) is 0 Å². The highest BCUT2D eigenvalue weighted by atomic mass is 15.3. The molecule has 6 heteroatoms. The summed E-state index contributed by atoms with van der Waals surface area (Å²) in [6.07, 6.45) is 5.67. The third kappa shape index (κ3) is 6.32. The number of hydrogen-bond acceptors (Lipinski definition) is 3. The van der Waals surface area contributed by atoms with Gasteiger partial charge in [-0.2, -0.15) is 0 Å². The second kappa shape index (κ2) is 11.0. The van der Waals surface area contributed by atoms with Crippen molar-refractivity contribution >= 4 is 5.96 Å². The Hall–Kier alpha value is -2.34. The number of H-pyrrole nitrogens is 1. The number of aromatic amines is 1. The van der Waals surface area contributed by atoms with Crippen LogP contribution in [0.3, 0.4) is 0 Å². The molecule has 1 aromatic carbocycles. The van der Waals surface area contributed by atoms with Gasteiger partial charge in [-0.15, -0.1) is 0 Å². The van der Waals surface area contributed by atoms with Gasteiger partial charge in [-0.25, -0.2) is 4.98 Å². The molecule has 1 saturated heterocycles. The van der Waals surface area contributed by atoms with Gasteiger partial charge in [-0.1, -0.05) is 37.3 Å². The topological polar surface area (TPSA) is 59.5 Å². The van der Waals surface area contributed by atoms with Gasteiger partial charge in [0.2, 0.25) is 0 Å². The second-order valence-corrected chi connectivity index (χ2v) is 7.95. The molecule has 3 rings (SSSR count). The standard InChI is InChI=1S/C23H36N6/c1-4-13-29-14-11-19(12-15-29)16-26-23(24-5-2)28(3)18-22-25-17-21(27-22)20-9-7-6-8-10-20/h6-10,17,19H,4-5,11-16,18H2,1-3H3,(H,24,26)(H,25,27). The van der Waals surface area contributed by atoms with E-state index in [9.17, 15) is 0 Å². The first-order chi connectivity index (χ1) is 14.2. The third-order valence-electron chi connectivity index (χ3n) is 5.54. The molecule has 158 valence electrons. The molecule has 0 aliphatic carbocycles. The van der Waals surface area contributed by atoms with Crippen molar-refractivity contribution in [2.24, 2.45) is 10.9 Å². The number of rotatable bonds is 8. The van der Waals surface area contributed by atoms with E-state index < -0.39 is 0 Å². The highest BCUT2D eigenvalue weighted by Gasteiger charge is 2.19. The lowest BCUT2D eigenvalue weighted by Crippen LogP contribution is -2.40. The monoisotopic (exact) mass is 396 g/mol. The Labute approximate surface area is 175 Å². The van der Waals surface area contributed by atoms with E-state index in [1.165, 1.54) is 38.9 Å². The van der Waals surface area contributed by atoms with Gasteiger partial charge >= 0.3 is 0 Å². The number of piperidine rings is 1. The van der Waals surface area contributed by atoms with Gasteiger partial charge in [-0.05, 0) is 57.3 Å². The molecule has 0 unspecified atom stereocenters. The number of benzene rings is 1. The van der Waals surface area contributed by atoms with Crippen LogP contribution in [0.2, 0.25) is 0 Å². The van der Waals surface area contributed by atoms with Gasteiger partial charge in [0, 0.05) is 20.1 Å². The molecule has 1 fully saturated rings. The maximum Gasteiger partial charge on any atom is 0.194 e. The molecule has 0 saturated carbocycles. The molecule has 0 atom stereocenters. The van der Waals surface area contributed by atoms with Crippen LogP contribution in [-0.4, -0.2) is 65.5 Å². The van der Waals surface area contributed by atoms with Crippen molar-refractivity contribution in [3.05, 3.63) is 42.4 Å². The fraction of sp³-hybridized carbons (Fsp3) is 0.565. The Morgan fingerprint density at radius 3 is 2.69 bits per heavy atom. The maximum absolute atomic E-state index is 4.94. The smallest absolute Gasteiger partial charge is 0.194 e. The van der Waals surface area contributed by atoms with Crippen LogP contribution in [0.1, 0.15) is 38.9 Å². The van der Waals surface area contributed by atoms with Gasteiger partial charge in [0.15, 0.2) is 5.96 Å². The Bertz CT molecular complexity index is 746. The predicted molar refractivity (Wildman–Crippen MR) is 121 cm³/mol. The molecular weight excluding hydrogens is 360 g/mol. The van der Waals surface area contributed by atoms with E-state index in [-0.39, 0.29) is 0 Å². The fourth-order valence-corrected chi connectivity index (χ4v) is 3.90. The predicted octanol–water partition coefficient (Wildman–Crippen LogP) is 3.60. The average molecular weight is 397 g/mol. The van der Waals surface area contributed by atoms with Gasteiger partial charge < -0.3 is 20.1 Å². The van der Waals surface area contributed by atoms with E-state index in [1.54, 1.807) is 0 Å². The molecule has 2 heterocycles. The lowest BCUT2D eigenvalue weighted by molar-refractivity contribution is 0.188. The van der Waals surface area contributed by atoms with Crippen molar-refractivity contribution in [3.63, 3.8) is 0 Å². The van der Waals surface area contributed by atoms with Crippen LogP contribution in [0, 0.1) is 5.92 Å². The molecule has 0 spiro atoms. The summed E-state index contributed by atoms with van der Waals surface area (Å²) < 4.78 is 0. The van der Waals surface area contributed by atoms with Crippen LogP contribution in [0.25, 0.3) is 11.3 Å². The molecule has 0 bridgehead atoms. The Morgan fingerprint density at radius 1 is 1.24 bits per heavy atom. The Morgan fingerprint density at radius 2 is 2.00 bits per heavy atom. The van der Waals surface area contributed by atoms with Crippen molar-refractivity contribution in [3.8, 4) is 11.3 Å². The molecule has 29 heavy (non-hydrogen) atoms. The van der Waals surface area contributed by atoms with E-state index in [4.69, 9.17) is 4.99 Å². The van der Waals surface area contributed by atoms with E-state index in [1.807, 2.05) is 24.4 Å². The first-order valence-electron chi connectivity index (χ1n) is 11.0. The van der Waals surface area contributed by atoms with Crippen molar-refractivity contribution < 1.29 is 0 Å². The molecule has 1 aliphatic rings. The second-order valence-electron chi connectivity index (χ2n) is 7.95. The zero-order valence-electron chi connectivity index (χ0n) is 18.2. The summed E-state index contributed by atoms with van der Waals surface area (Å²) in [7, 11) is 2.08. The molecule has 1 aliphatic heterocycles. The number of nitrogens with one attached hydrogen (secondary N) is 2. The van der Waals surface area contributed by atoms with E-state index in [0.717, 1.165) is 36.1 Å². The number of aromatic nitrogens is 2. The minimum atomic E-state index is 0.693. The quantitative estimate of drug-likeness (QED) is 0.529. The van der Waals surface area contributed by atoms with E-state index in [0.29, 0.717) is 12.5 Å². The minimum Gasteiger partial charge on any atom is -0.357 e. The zero-order valence-corrected chi connectivity index (χ0v) is 18.2. The van der Waals surface area contributed by atoms with Crippen LogP contribution >= 0.6 is 0 Å². The summed E-state index contributed by atoms with van der Waals surface area (Å²) in [6, 6.07) is 10.3. The number of nitrogens with zero attached hydrogens (tertiary/aromatic N) is 4. The summed E-state index contributed by atoms with van der Waals surface area (Å²) in [5, 5.41) is 3.43. The maximum atomic E-state index is 4.94. The lowest BCUT2D eigenvalue weighted by atomic mass is 9.97. The number of likely N-dealkylation sites (tertiary alicyclic amines) is 1. The fourth-order valence-electron chi connectivity index (χ4n) is 3.90. The van der Waals surface area contributed by atoms with Crippen LogP contribution in [0.5, 0.6) is 0 Å². The highest BCUT2D eigenvalue weighted by molar-refractivity contribution is 5.79. The van der Waals surface area contributed by atoms with E-state index >= 15 is 0 Å². The highest BCUT2D eigenvalue weighted by Crippen LogP contribution is 2.18. The third-order valence-corrected chi connectivity index (χ3v) is 5.54. The number of hydrogen-bond donors (Lipinski definition) is 2. The number of imidazole rings is 1. The van der Waals surface area contributed by atoms with Crippen LogP contribution in [0.15, 0.2) is 41.5 Å². The summed E-state index contributed by atoms with van der Waals surface area (Å²) in [6.45, 7) is 10.5. The molecule has 1 aromatic heterocycles. The largest absolute Gasteiger partial charge is 0.357 e. The molecule has 0 amide bonds. The van der Waals surface area contributed by atoms with Crippen LogP contribution in [-0.2, 0) is 6.54 Å². The van der Waals surface area contributed by atoms with Gasteiger partial charge in [-0.3, -0.25) is 4.99 Å². The van der Waals surface area contributed by atoms with E-state index in [2.05, 4.69) is 58.1 Å². The van der Waals surface area contributed by atoms with Crippen molar-refractivity contribution in [2.75, 3.05) is 39.8 Å². The normalized spacial score (nSPS) is 16.2. The van der Waals surface area contributed by atoms with Crippen molar-refractivity contribution in [1.82, 2.24) is 25.1 Å². The Kier molecular flexibility index (Phi) is 8.11. The van der Waals surface area contributed by atoms with Crippen LogP contribution < -0.4 is 5.32 Å². The number of aliphatic imine (C=N–C) groups is 1. The summed E-state index contributed by atoms with van der Waals surface area (Å²) in [4.78, 5) is 17.7. The molecule has 2 N–H and O–H groups in total. The Balaban J connectivity index is 1.56. The van der Waals surface area contributed by atoms with Gasteiger partial charge in [0.25, 0.3) is 0 Å². The number of guanidine groups is 1. The van der Waals surface area contributed by atoms with Gasteiger partial charge in [0.05, 0.1) is 18.4 Å². The first kappa shape index (κ1) is 21.4. The zero-order chi connectivity index (χ0) is 20.5. The SMILES string of the molecule is CCCN1CCC(CN=C(NCC)N(C)Cc2ncc(-c3ccccc3)[nH]2)CC1. The average Bonchev–Trinajstić information content (AvgIpc) is 3.21. The molecule has 6 nitrogen and oxygen atoms in total. The molecular formula is C23H36N6. The summed E-state index contributed by atoms with van der Waals surface area (Å²) in [5.74, 6) is 2.60. The van der Waals surface area contributed by atoms with Crippen molar-refractivity contribution in [1.29, 1.82) is 0 Å². The lowest BCUT2D eigenvalue weighted by Gasteiger charge is -2.31. The minimum absolute atomic E-state index is 0.693. The van der Waals surface area contributed by atoms with Gasteiger partial charge in [0.1, 0.15) is 5.82 Å². The van der Waals surface area contributed by atoms with Crippen molar-refractivity contribution in [2.45, 2.75) is 39.7 Å². The summed E-state index contributed by atoms with van der Waals surface area (Å²) in [5.41, 5.74) is 2.21.